The minimum Gasteiger partial charge on any atom is -0.451 e. The third kappa shape index (κ3) is 1.58. The van der Waals surface area contributed by atoms with Gasteiger partial charge in [-0.1, -0.05) is 31.0 Å². The van der Waals surface area contributed by atoms with Crippen molar-refractivity contribution in [3.05, 3.63) is 34.9 Å². The van der Waals surface area contributed by atoms with Gasteiger partial charge in [-0.25, -0.2) is 4.79 Å². The molecule has 0 radical (unpaired) electrons. The first-order valence-electron chi connectivity index (χ1n) is 6.45. The molecule has 1 aliphatic heterocycles. The fourth-order valence-electron chi connectivity index (χ4n) is 3.34. The topological polar surface area (TPSA) is 26.3 Å². The summed E-state index contributed by atoms with van der Waals surface area (Å²) in [6, 6.07) is 6.05. The molecule has 0 bridgehead atoms. The Morgan fingerprint density at radius 2 is 2.24 bits per heavy atom. The Balaban J connectivity index is 2.10. The van der Waals surface area contributed by atoms with Crippen molar-refractivity contribution < 1.29 is 9.53 Å². The number of carbonyl (C=O) groups excluding carboxylic acids is 1. The zero-order valence-electron chi connectivity index (χ0n) is 10.5. The van der Waals surface area contributed by atoms with Crippen LogP contribution >= 0.6 is 0 Å². The van der Waals surface area contributed by atoms with Crippen molar-refractivity contribution in [3.8, 4) is 0 Å². The van der Waals surface area contributed by atoms with E-state index >= 15 is 0 Å². The van der Waals surface area contributed by atoms with Crippen LogP contribution in [-0.2, 0) is 10.3 Å². The first kappa shape index (κ1) is 10.8. The molecular weight excluding hydrogens is 212 g/mol. The molecule has 0 aromatic heterocycles. The molecule has 0 saturated heterocycles. The van der Waals surface area contributed by atoms with Crippen molar-refractivity contribution in [2.24, 2.45) is 5.92 Å². The second-order valence-corrected chi connectivity index (χ2v) is 5.63. The number of aryl methyl sites for hydroxylation is 1. The summed E-state index contributed by atoms with van der Waals surface area (Å²) in [5.74, 6) is 0.511. The molecule has 1 fully saturated rings. The maximum absolute atomic E-state index is 11.9. The van der Waals surface area contributed by atoms with Gasteiger partial charge in [0.25, 0.3) is 0 Å². The Hall–Kier alpha value is -1.31. The number of ether oxygens (including phenoxy) is 1. The van der Waals surface area contributed by atoms with E-state index in [9.17, 15) is 4.79 Å². The monoisotopic (exact) mass is 230 g/mol. The summed E-state index contributed by atoms with van der Waals surface area (Å²) in [6.07, 6.45) is 4.37. The first-order chi connectivity index (χ1) is 8.11. The van der Waals surface area contributed by atoms with Gasteiger partial charge < -0.3 is 4.74 Å². The van der Waals surface area contributed by atoms with Crippen LogP contribution < -0.4 is 0 Å². The van der Waals surface area contributed by atoms with Gasteiger partial charge in [0, 0.05) is 5.56 Å². The maximum atomic E-state index is 11.9. The van der Waals surface area contributed by atoms with Crippen LogP contribution in [0.15, 0.2) is 18.2 Å². The molecule has 1 saturated carbocycles. The van der Waals surface area contributed by atoms with Gasteiger partial charge in [0.05, 0.1) is 5.56 Å². The Labute approximate surface area is 102 Å². The van der Waals surface area contributed by atoms with Gasteiger partial charge >= 0.3 is 5.97 Å². The van der Waals surface area contributed by atoms with E-state index in [1.165, 1.54) is 12.0 Å². The number of benzene rings is 1. The fourth-order valence-corrected chi connectivity index (χ4v) is 3.34. The molecule has 1 aromatic rings. The zero-order chi connectivity index (χ0) is 12.0. The molecular formula is C15H18O2. The Kier molecular flexibility index (Phi) is 2.29. The van der Waals surface area contributed by atoms with Crippen molar-refractivity contribution in [3.63, 3.8) is 0 Å². The molecule has 0 N–H and O–H groups in total. The summed E-state index contributed by atoms with van der Waals surface area (Å²) >= 11 is 0. The highest BCUT2D eigenvalue weighted by Gasteiger charge is 2.47. The zero-order valence-corrected chi connectivity index (χ0v) is 10.5. The summed E-state index contributed by atoms with van der Waals surface area (Å²) in [4.78, 5) is 11.9. The van der Waals surface area contributed by atoms with Crippen molar-refractivity contribution in [2.45, 2.75) is 45.1 Å². The predicted molar refractivity (Wildman–Crippen MR) is 65.9 cm³/mol. The smallest absolute Gasteiger partial charge is 0.339 e. The van der Waals surface area contributed by atoms with Crippen LogP contribution in [0.5, 0.6) is 0 Å². The summed E-state index contributed by atoms with van der Waals surface area (Å²) in [5, 5.41) is 0. The minimum absolute atomic E-state index is 0.130. The molecule has 1 heterocycles. The number of carbonyl (C=O) groups is 1. The van der Waals surface area contributed by atoms with E-state index in [0.717, 1.165) is 30.4 Å². The van der Waals surface area contributed by atoms with Crippen LogP contribution in [0.3, 0.4) is 0 Å². The SMILES string of the molecule is Cc1ccc2c(c1)C1(CCCC(C)C1)OC2=O. The molecule has 17 heavy (non-hydrogen) atoms. The summed E-state index contributed by atoms with van der Waals surface area (Å²) < 4.78 is 5.75. The molecule has 1 spiro atoms. The number of esters is 1. The lowest BCUT2D eigenvalue weighted by molar-refractivity contribution is -0.0384. The summed E-state index contributed by atoms with van der Waals surface area (Å²) in [6.45, 7) is 4.32. The second kappa shape index (κ2) is 3.59. The highest BCUT2D eigenvalue weighted by Crippen LogP contribution is 2.48. The third-order valence-electron chi connectivity index (χ3n) is 4.13. The van der Waals surface area contributed by atoms with Crippen LogP contribution in [-0.4, -0.2) is 5.97 Å². The highest BCUT2D eigenvalue weighted by atomic mass is 16.6. The largest absolute Gasteiger partial charge is 0.451 e. The van der Waals surface area contributed by atoms with E-state index in [1.807, 2.05) is 12.1 Å². The van der Waals surface area contributed by atoms with E-state index in [0.29, 0.717) is 5.92 Å². The highest BCUT2D eigenvalue weighted by molar-refractivity contribution is 5.94. The molecule has 2 heteroatoms. The molecule has 2 nitrogen and oxygen atoms in total. The van der Waals surface area contributed by atoms with Gasteiger partial charge in [-0.05, 0) is 38.2 Å². The molecule has 3 rings (SSSR count). The lowest BCUT2D eigenvalue weighted by Crippen LogP contribution is -2.32. The third-order valence-corrected chi connectivity index (χ3v) is 4.13. The van der Waals surface area contributed by atoms with Crippen molar-refractivity contribution in [1.29, 1.82) is 0 Å². The fraction of sp³-hybridized carbons (Fsp3) is 0.533. The molecule has 1 aromatic carbocycles. The number of rotatable bonds is 0. The number of hydrogen-bond donors (Lipinski definition) is 0. The molecule has 0 amide bonds. The van der Waals surface area contributed by atoms with Gasteiger partial charge in [0.2, 0.25) is 0 Å². The average molecular weight is 230 g/mol. The lowest BCUT2D eigenvalue weighted by atomic mass is 9.74. The lowest BCUT2D eigenvalue weighted by Gasteiger charge is -2.36. The normalized spacial score (nSPS) is 31.4. The van der Waals surface area contributed by atoms with Gasteiger partial charge in [-0.2, -0.15) is 0 Å². The van der Waals surface area contributed by atoms with Crippen LogP contribution in [0.25, 0.3) is 0 Å². The Morgan fingerprint density at radius 1 is 1.41 bits per heavy atom. The van der Waals surface area contributed by atoms with Gasteiger partial charge in [0.1, 0.15) is 5.60 Å². The predicted octanol–water partition coefficient (Wildman–Crippen LogP) is 3.57. The van der Waals surface area contributed by atoms with E-state index in [1.54, 1.807) is 0 Å². The molecule has 2 unspecified atom stereocenters. The average Bonchev–Trinajstić information content (AvgIpc) is 2.51. The van der Waals surface area contributed by atoms with E-state index in [4.69, 9.17) is 4.74 Å². The number of fused-ring (bicyclic) bond motifs is 2. The summed E-state index contributed by atoms with van der Waals surface area (Å²) in [7, 11) is 0. The van der Waals surface area contributed by atoms with Crippen LogP contribution in [0.4, 0.5) is 0 Å². The summed E-state index contributed by atoms with van der Waals surface area (Å²) in [5.41, 5.74) is 2.81. The Morgan fingerprint density at radius 3 is 3.00 bits per heavy atom. The maximum Gasteiger partial charge on any atom is 0.339 e. The van der Waals surface area contributed by atoms with E-state index < -0.39 is 0 Å². The minimum atomic E-state index is -0.309. The number of hydrogen-bond acceptors (Lipinski definition) is 2. The van der Waals surface area contributed by atoms with Crippen molar-refractivity contribution in [2.75, 3.05) is 0 Å². The van der Waals surface area contributed by atoms with Gasteiger partial charge in [-0.3, -0.25) is 0 Å². The van der Waals surface area contributed by atoms with E-state index in [2.05, 4.69) is 19.9 Å². The standard InChI is InChI=1S/C15H18O2/c1-10-5-6-12-13(8-10)15(17-14(12)16)7-3-4-11(2)9-15/h5-6,8,11H,3-4,7,9H2,1-2H3. The van der Waals surface area contributed by atoms with Crippen LogP contribution in [0.1, 0.15) is 54.1 Å². The van der Waals surface area contributed by atoms with Crippen LogP contribution in [0.2, 0.25) is 0 Å². The quantitative estimate of drug-likeness (QED) is 0.637. The Bertz CT molecular complexity index is 478. The first-order valence-corrected chi connectivity index (χ1v) is 6.45. The van der Waals surface area contributed by atoms with Gasteiger partial charge in [-0.15, -0.1) is 0 Å². The van der Waals surface area contributed by atoms with E-state index in [-0.39, 0.29) is 11.6 Å². The molecule has 2 atom stereocenters. The van der Waals surface area contributed by atoms with Crippen molar-refractivity contribution >= 4 is 5.97 Å². The molecule has 90 valence electrons. The van der Waals surface area contributed by atoms with Crippen LogP contribution in [0, 0.1) is 12.8 Å². The molecule has 2 aliphatic rings. The second-order valence-electron chi connectivity index (χ2n) is 5.63. The molecule has 1 aliphatic carbocycles. The van der Waals surface area contributed by atoms with Crippen molar-refractivity contribution in [1.82, 2.24) is 0 Å². The van der Waals surface area contributed by atoms with Gasteiger partial charge in [0.15, 0.2) is 0 Å².